The minimum atomic E-state index is 0.684. The average molecular weight is 297 g/mol. The fourth-order valence-corrected chi connectivity index (χ4v) is 7.65. The highest BCUT2D eigenvalue weighted by molar-refractivity contribution is 8.03. The van der Waals surface area contributed by atoms with Crippen LogP contribution in [0.1, 0.15) is 0 Å². The SMILES string of the molecule is C1C[S+](CCSCC[S+]2CCOCC2)CCO1. The van der Waals surface area contributed by atoms with Crippen molar-refractivity contribution in [1.29, 1.82) is 0 Å². The van der Waals surface area contributed by atoms with Crippen LogP contribution in [0.5, 0.6) is 0 Å². The third-order valence-corrected chi connectivity index (χ3v) is 9.14. The normalized spacial score (nSPS) is 24.0. The predicted octanol–water partition coefficient (Wildman–Crippen LogP) is 1.02. The van der Waals surface area contributed by atoms with Crippen molar-refractivity contribution in [2.75, 3.05) is 72.5 Å². The molecular weight excluding hydrogens is 272 g/mol. The lowest BCUT2D eigenvalue weighted by Gasteiger charge is -2.15. The third kappa shape index (κ3) is 6.10. The largest absolute Gasteiger partial charge is 0.372 e. The van der Waals surface area contributed by atoms with Crippen molar-refractivity contribution in [3.63, 3.8) is 0 Å². The molecule has 5 heteroatoms. The van der Waals surface area contributed by atoms with Gasteiger partial charge in [0.2, 0.25) is 0 Å². The lowest BCUT2D eigenvalue weighted by atomic mass is 10.8. The molecule has 0 spiro atoms. The minimum absolute atomic E-state index is 0.684. The smallest absolute Gasteiger partial charge is 0.131 e. The van der Waals surface area contributed by atoms with E-state index in [4.69, 9.17) is 9.47 Å². The molecule has 2 fully saturated rings. The van der Waals surface area contributed by atoms with Gasteiger partial charge in [-0.25, -0.2) is 0 Å². The van der Waals surface area contributed by atoms with Gasteiger partial charge in [-0.15, -0.1) is 0 Å². The molecular formula is C12H24O2S3+2. The van der Waals surface area contributed by atoms with Crippen molar-refractivity contribution >= 4 is 33.6 Å². The molecule has 0 aliphatic carbocycles. The summed E-state index contributed by atoms with van der Waals surface area (Å²) in [5.74, 6) is 10.9. The average Bonchev–Trinajstić information content (AvgIpc) is 2.41. The van der Waals surface area contributed by atoms with Crippen molar-refractivity contribution in [3.05, 3.63) is 0 Å². The fraction of sp³-hybridized carbons (Fsp3) is 1.00. The highest BCUT2D eigenvalue weighted by atomic mass is 32.2. The molecule has 2 nitrogen and oxygen atoms in total. The first kappa shape index (κ1) is 14.4. The van der Waals surface area contributed by atoms with Crippen molar-refractivity contribution in [1.82, 2.24) is 0 Å². The Morgan fingerprint density at radius 1 is 0.706 bits per heavy atom. The second-order valence-electron chi connectivity index (χ2n) is 4.29. The fourth-order valence-electron chi connectivity index (χ4n) is 1.98. The van der Waals surface area contributed by atoms with E-state index in [-0.39, 0.29) is 0 Å². The van der Waals surface area contributed by atoms with Crippen molar-refractivity contribution in [2.24, 2.45) is 0 Å². The summed E-state index contributed by atoms with van der Waals surface area (Å²) in [6, 6.07) is 0. The molecule has 0 N–H and O–H groups in total. The van der Waals surface area contributed by atoms with E-state index in [2.05, 4.69) is 11.8 Å². The van der Waals surface area contributed by atoms with Gasteiger partial charge in [-0.3, -0.25) is 0 Å². The molecule has 0 radical (unpaired) electrons. The van der Waals surface area contributed by atoms with Crippen LogP contribution in [0.15, 0.2) is 0 Å². The lowest BCUT2D eigenvalue weighted by Crippen LogP contribution is -2.30. The van der Waals surface area contributed by atoms with Crippen LogP contribution in [0.2, 0.25) is 0 Å². The predicted molar refractivity (Wildman–Crippen MR) is 82.9 cm³/mol. The van der Waals surface area contributed by atoms with E-state index in [0.717, 1.165) is 26.4 Å². The Hall–Kier alpha value is 0.970. The van der Waals surface area contributed by atoms with Crippen LogP contribution in [-0.4, -0.2) is 72.5 Å². The number of ether oxygens (including phenoxy) is 2. The second kappa shape index (κ2) is 8.97. The number of hydrogen-bond donors (Lipinski definition) is 0. The molecule has 2 aliphatic heterocycles. The van der Waals surface area contributed by atoms with E-state index in [1.807, 2.05) is 0 Å². The molecule has 2 heterocycles. The zero-order valence-electron chi connectivity index (χ0n) is 10.5. The van der Waals surface area contributed by atoms with Gasteiger partial charge in [0, 0.05) is 11.5 Å². The summed E-state index contributed by atoms with van der Waals surface area (Å²) in [6.45, 7) is 4.04. The maximum absolute atomic E-state index is 5.40. The molecule has 0 unspecified atom stereocenters. The monoisotopic (exact) mass is 296 g/mol. The summed E-state index contributed by atoms with van der Waals surface area (Å²) in [6.07, 6.45) is 0. The van der Waals surface area contributed by atoms with Crippen molar-refractivity contribution in [2.45, 2.75) is 0 Å². The Morgan fingerprint density at radius 3 is 1.53 bits per heavy atom. The molecule has 17 heavy (non-hydrogen) atoms. The molecule has 0 bridgehead atoms. The van der Waals surface area contributed by atoms with Crippen molar-refractivity contribution in [3.8, 4) is 0 Å². The van der Waals surface area contributed by atoms with E-state index in [1.54, 1.807) is 0 Å². The summed E-state index contributed by atoms with van der Waals surface area (Å²) >= 11 is 2.17. The molecule has 2 rings (SSSR count). The zero-order valence-corrected chi connectivity index (χ0v) is 13.0. The van der Waals surface area contributed by atoms with Gasteiger partial charge in [-0.05, 0) is 21.8 Å². The first-order valence-electron chi connectivity index (χ1n) is 6.46. The Kier molecular flexibility index (Phi) is 7.59. The molecule has 0 amide bonds. The molecule has 0 aromatic heterocycles. The Labute approximate surface area is 115 Å². The van der Waals surface area contributed by atoms with Crippen LogP contribution in [0.25, 0.3) is 0 Å². The highest BCUT2D eigenvalue weighted by Crippen LogP contribution is 2.11. The zero-order chi connectivity index (χ0) is 11.8. The third-order valence-electron chi connectivity index (χ3n) is 3.10. The summed E-state index contributed by atoms with van der Waals surface area (Å²) in [5.41, 5.74) is 0. The summed E-state index contributed by atoms with van der Waals surface area (Å²) in [4.78, 5) is 0. The Balaban J connectivity index is 1.42. The van der Waals surface area contributed by atoms with Gasteiger partial charge in [0.15, 0.2) is 0 Å². The van der Waals surface area contributed by atoms with Crippen LogP contribution in [0.4, 0.5) is 0 Å². The van der Waals surface area contributed by atoms with Gasteiger partial charge in [-0.1, -0.05) is 0 Å². The number of hydrogen-bond acceptors (Lipinski definition) is 3. The highest BCUT2D eigenvalue weighted by Gasteiger charge is 2.23. The summed E-state index contributed by atoms with van der Waals surface area (Å²) in [5, 5.41) is 0. The van der Waals surface area contributed by atoms with Gasteiger partial charge in [0.05, 0.1) is 26.4 Å². The van der Waals surface area contributed by atoms with E-state index in [1.165, 1.54) is 46.0 Å². The maximum Gasteiger partial charge on any atom is 0.131 e. The summed E-state index contributed by atoms with van der Waals surface area (Å²) < 4.78 is 10.8. The quantitative estimate of drug-likeness (QED) is 0.538. The van der Waals surface area contributed by atoms with Gasteiger partial charge in [-0.2, -0.15) is 11.8 Å². The second-order valence-corrected chi connectivity index (χ2v) is 10.4. The number of thioether (sulfide) groups is 1. The molecule has 100 valence electrons. The molecule has 0 aromatic rings. The molecule has 0 saturated carbocycles. The van der Waals surface area contributed by atoms with Crippen LogP contribution in [0.3, 0.4) is 0 Å². The molecule has 0 atom stereocenters. The minimum Gasteiger partial charge on any atom is -0.372 e. The van der Waals surface area contributed by atoms with Gasteiger partial charge in [0.25, 0.3) is 0 Å². The van der Waals surface area contributed by atoms with Gasteiger partial charge in [0.1, 0.15) is 34.5 Å². The molecule has 0 aromatic carbocycles. The molecule has 2 saturated heterocycles. The first-order chi connectivity index (χ1) is 8.45. The van der Waals surface area contributed by atoms with E-state index in [9.17, 15) is 0 Å². The summed E-state index contributed by atoms with van der Waals surface area (Å²) in [7, 11) is 1.37. The van der Waals surface area contributed by atoms with Gasteiger partial charge < -0.3 is 9.47 Å². The number of rotatable bonds is 6. The lowest BCUT2D eigenvalue weighted by molar-refractivity contribution is 0.159. The van der Waals surface area contributed by atoms with Crippen LogP contribution >= 0.6 is 11.8 Å². The Bertz CT molecular complexity index is 172. The van der Waals surface area contributed by atoms with Crippen LogP contribution in [-0.2, 0) is 31.3 Å². The van der Waals surface area contributed by atoms with Crippen LogP contribution < -0.4 is 0 Å². The molecule has 2 aliphatic rings. The topological polar surface area (TPSA) is 18.5 Å². The standard InChI is InChI=1S/C12H24O2S3/c1-7-16(8-2-13-1)11-5-15-6-12-17-9-3-14-4-10-17/h1-12H2/q+2. The van der Waals surface area contributed by atoms with Gasteiger partial charge >= 0.3 is 0 Å². The van der Waals surface area contributed by atoms with Crippen LogP contribution in [0, 0.1) is 0 Å². The van der Waals surface area contributed by atoms with E-state index in [0.29, 0.717) is 21.8 Å². The Morgan fingerprint density at radius 2 is 1.12 bits per heavy atom. The van der Waals surface area contributed by atoms with Crippen molar-refractivity contribution < 1.29 is 9.47 Å². The maximum atomic E-state index is 5.40. The van der Waals surface area contributed by atoms with E-state index < -0.39 is 0 Å². The first-order valence-corrected chi connectivity index (χ1v) is 11.1. The van der Waals surface area contributed by atoms with E-state index >= 15 is 0 Å².